The number of nitrogens with zero attached hydrogens (tertiary/aromatic N) is 2. The van der Waals surface area contributed by atoms with Gasteiger partial charge in [-0.25, -0.2) is 4.98 Å². The van der Waals surface area contributed by atoms with Gasteiger partial charge in [0.25, 0.3) is 0 Å². The second-order valence-electron chi connectivity index (χ2n) is 4.83. The van der Waals surface area contributed by atoms with Gasteiger partial charge < -0.3 is 14.4 Å². The van der Waals surface area contributed by atoms with Crippen molar-refractivity contribution in [3.63, 3.8) is 0 Å². The van der Waals surface area contributed by atoms with Crippen molar-refractivity contribution in [3.8, 4) is 0 Å². The molecule has 2 atom stereocenters. The molecule has 0 spiro atoms. The van der Waals surface area contributed by atoms with Crippen LogP contribution >= 0.6 is 0 Å². The average Bonchev–Trinajstić information content (AvgIpc) is 3.07. The fourth-order valence-electron chi connectivity index (χ4n) is 2.55. The minimum Gasteiger partial charge on any atom is -0.396 e. The lowest BCUT2D eigenvalue weighted by Crippen LogP contribution is -2.26. The van der Waals surface area contributed by atoms with Crippen molar-refractivity contribution in [3.05, 3.63) is 18.2 Å². The van der Waals surface area contributed by atoms with Crippen LogP contribution in [0.2, 0.25) is 0 Å². The Morgan fingerprint density at radius 2 is 2.31 bits per heavy atom. The molecule has 88 valence electrons. The Balaban J connectivity index is 1.85. The third kappa shape index (κ3) is 1.76. The molecule has 16 heavy (non-hydrogen) atoms. The van der Waals surface area contributed by atoms with E-state index < -0.39 is 0 Å². The molecule has 1 aromatic rings. The van der Waals surface area contributed by atoms with E-state index in [1.165, 1.54) is 12.8 Å². The zero-order valence-electron chi connectivity index (χ0n) is 9.38. The van der Waals surface area contributed by atoms with Crippen LogP contribution < -0.4 is 0 Å². The van der Waals surface area contributed by atoms with Crippen molar-refractivity contribution in [1.82, 2.24) is 9.55 Å². The summed E-state index contributed by atoms with van der Waals surface area (Å²) in [6.07, 6.45) is 8.45. The fourth-order valence-corrected chi connectivity index (χ4v) is 2.55. The van der Waals surface area contributed by atoms with Crippen molar-refractivity contribution < 1.29 is 9.84 Å². The minimum absolute atomic E-state index is 0.0434. The van der Waals surface area contributed by atoms with E-state index in [9.17, 15) is 5.11 Å². The van der Waals surface area contributed by atoms with Crippen molar-refractivity contribution in [2.75, 3.05) is 13.2 Å². The number of aromatic nitrogens is 2. The lowest BCUT2D eigenvalue weighted by atomic mass is 9.93. The number of imidazole rings is 1. The Hall–Kier alpha value is -0.870. The molecule has 2 aliphatic rings. The van der Waals surface area contributed by atoms with Gasteiger partial charge in [0.05, 0.1) is 18.2 Å². The Morgan fingerprint density at radius 3 is 3.06 bits per heavy atom. The minimum atomic E-state index is 0.0434. The fraction of sp³-hybridized carbons (Fsp3) is 0.750. The van der Waals surface area contributed by atoms with Crippen molar-refractivity contribution in [2.45, 2.75) is 37.8 Å². The molecule has 2 fully saturated rings. The van der Waals surface area contributed by atoms with E-state index in [4.69, 9.17) is 4.74 Å². The zero-order valence-corrected chi connectivity index (χ0v) is 9.38. The Morgan fingerprint density at radius 1 is 1.44 bits per heavy atom. The molecule has 2 heterocycles. The van der Waals surface area contributed by atoms with Gasteiger partial charge in [0.2, 0.25) is 0 Å². The molecule has 1 aliphatic carbocycles. The van der Waals surface area contributed by atoms with Gasteiger partial charge >= 0.3 is 0 Å². The highest BCUT2D eigenvalue weighted by molar-refractivity contribution is 5.09. The topological polar surface area (TPSA) is 47.3 Å². The van der Waals surface area contributed by atoms with Gasteiger partial charge in [-0.3, -0.25) is 0 Å². The van der Waals surface area contributed by atoms with Crippen molar-refractivity contribution in [2.24, 2.45) is 5.92 Å². The molecule has 0 aromatic carbocycles. The first-order valence-electron chi connectivity index (χ1n) is 6.14. The quantitative estimate of drug-likeness (QED) is 0.846. The zero-order chi connectivity index (χ0) is 11.0. The lowest BCUT2D eigenvalue weighted by molar-refractivity contribution is -0.0497. The first-order chi connectivity index (χ1) is 7.90. The summed E-state index contributed by atoms with van der Waals surface area (Å²) in [7, 11) is 0. The molecule has 1 N–H and O–H groups in total. The largest absolute Gasteiger partial charge is 0.396 e. The number of hydrogen-bond donors (Lipinski definition) is 1. The lowest BCUT2D eigenvalue weighted by Gasteiger charge is -2.31. The van der Waals surface area contributed by atoms with Gasteiger partial charge in [0.15, 0.2) is 0 Å². The summed E-state index contributed by atoms with van der Waals surface area (Å²) in [6.45, 7) is 1.01. The first kappa shape index (κ1) is 10.3. The molecule has 4 heteroatoms. The van der Waals surface area contributed by atoms with Gasteiger partial charge in [-0.15, -0.1) is 0 Å². The highest BCUT2D eigenvalue weighted by Gasteiger charge is 2.33. The van der Waals surface area contributed by atoms with E-state index >= 15 is 0 Å². The monoisotopic (exact) mass is 222 g/mol. The smallest absolute Gasteiger partial charge is 0.104 e. The summed E-state index contributed by atoms with van der Waals surface area (Å²) >= 11 is 0. The van der Waals surface area contributed by atoms with E-state index in [0.717, 1.165) is 25.1 Å². The van der Waals surface area contributed by atoms with Crippen LogP contribution in [0.3, 0.4) is 0 Å². The summed E-state index contributed by atoms with van der Waals surface area (Å²) in [5.41, 5.74) is 1.15. The summed E-state index contributed by atoms with van der Waals surface area (Å²) in [5.74, 6) is 0.239. The molecule has 2 unspecified atom stereocenters. The molecule has 1 saturated carbocycles. The van der Waals surface area contributed by atoms with Crippen LogP contribution in [0.5, 0.6) is 0 Å². The van der Waals surface area contributed by atoms with Crippen LogP contribution in [-0.2, 0) is 4.74 Å². The number of hydrogen-bond acceptors (Lipinski definition) is 3. The molecule has 0 radical (unpaired) electrons. The molecule has 1 saturated heterocycles. The highest BCUT2D eigenvalue weighted by atomic mass is 16.5. The van der Waals surface area contributed by atoms with Crippen LogP contribution in [-0.4, -0.2) is 27.9 Å². The predicted molar refractivity (Wildman–Crippen MR) is 59.0 cm³/mol. The van der Waals surface area contributed by atoms with Gasteiger partial charge in [-0.1, -0.05) is 0 Å². The SMILES string of the molecule is OCC1CCCOC1c1cncn1C1CC1. The van der Waals surface area contributed by atoms with Gasteiger partial charge in [-0.2, -0.15) is 0 Å². The predicted octanol–water partition coefficient (Wildman–Crippen LogP) is 1.68. The molecule has 4 nitrogen and oxygen atoms in total. The third-order valence-electron chi connectivity index (χ3n) is 3.61. The summed E-state index contributed by atoms with van der Waals surface area (Å²) in [6, 6.07) is 0.627. The standard InChI is InChI=1S/C12H18N2O2/c15-7-9-2-1-5-16-12(9)11-6-13-8-14(11)10-3-4-10/h6,8-10,12,15H,1-5,7H2. The number of rotatable bonds is 3. The number of ether oxygens (including phenoxy) is 1. The van der Waals surface area contributed by atoms with E-state index in [1.54, 1.807) is 0 Å². The summed E-state index contributed by atoms with van der Waals surface area (Å²) in [4.78, 5) is 4.23. The first-order valence-corrected chi connectivity index (χ1v) is 6.14. The number of aliphatic hydroxyl groups is 1. The Labute approximate surface area is 95.3 Å². The molecular weight excluding hydrogens is 204 g/mol. The van der Waals surface area contributed by atoms with Crippen molar-refractivity contribution in [1.29, 1.82) is 0 Å². The van der Waals surface area contributed by atoms with Gasteiger partial charge in [0, 0.05) is 25.2 Å². The third-order valence-corrected chi connectivity index (χ3v) is 3.61. The summed E-state index contributed by atoms with van der Waals surface area (Å²) in [5, 5.41) is 9.40. The van der Waals surface area contributed by atoms with Gasteiger partial charge in [-0.05, 0) is 25.7 Å². The maximum absolute atomic E-state index is 9.40. The number of aliphatic hydroxyl groups excluding tert-OH is 1. The van der Waals surface area contributed by atoms with E-state index in [1.807, 2.05) is 12.5 Å². The molecule has 1 aromatic heterocycles. The van der Waals surface area contributed by atoms with E-state index in [2.05, 4.69) is 9.55 Å². The second-order valence-corrected chi connectivity index (χ2v) is 4.83. The van der Waals surface area contributed by atoms with E-state index in [-0.39, 0.29) is 18.6 Å². The molecule has 3 rings (SSSR count). The summed E-state index contributed by atoms with van der Waals surface area (Å²) < 4.78 is 8.06. The molecule has 1 aliphatic heterocycles. The highest BCUT2D eigenvalue weighted by Crippen LogP contribution is 2.40. The van der Waals surface area contributed by atoms with Crippen LogP contribution in [0.15, 0.2) is 12.5 Å². The van der Waals surface area contributed by atoms with Crippen LogP contribution in [0.1, 0.15) is 43.5 Å². The maximum atomic E-state index is 9.40. The second kappa shape index (κ2) is 4.18. The Kier molecular flexibility index (Phi) is 2.69. The maximum Gasteiger partial charge on any atom is 0.104 e. The van der Waals surface area contributed by atoms with Crippen LogP contribution in [0, 0.1) is 5.92 Å². The van der Waals surface area contributed by atoms with Crippen molar-refractivity contribution >= 4 is 0 Å². The molecular formula is C12H18N2O2. The molecule has 0 amide bonds. The normalized spacial score (nSPS) is 30.6. The Bertz CT molecular complexity index is 360. The van der Waals surface area contributed by atoms with E-state index in [0.29, 0.717) is 6.04 Å². The van der Waals surface area contributed by atoms with Crippen LogP contribution in [0.25, 0.3) is 0 Å². The molecule has 0 bridgehead atoms. The van der Waals surface area contributed by atoms with Gasteiger partial charge in [0.1, 0.15) is 6.10 Å². The average molecular weight is 222 g/mol. The van der Waals surface area contributed by atoms with Crippen LogP contribution in [0.4, 0.5) is 0 Å².